The summed E-state index contributed by atoms with van der Waals surface area (Å²) in [6, 6.07) is 8.75. The fourth-order valence-electron chi connectivity index (χ4n) is 2.02. The fraction of sp³-hybridized carbons (Fsp3) is 0.0667. The van der Waals surface area contributed by atoms with E-state index < -0.39 is 0 Å². The zero-order valence-corrected chi connectivity index (χ0v) is 13.1. The number of amides is 1. The van der Waals surface area contributed by atoms with Crippen LogP contribution in [-0.4, -0.2) is 27.6 Å². The largest absolute Gasteiger partial charge is 0.310 e. The van der Waals surface area contributed by atoms with Gasteiger partial charge in [-0.25, -0.2) is 9.50 Å². The molecule has 0 N–H and O–H groups in total. The van der Waals surface area contributed by atoms with Crippen LogP contribution in [0.1, 0.15) is 16.1 Å². The molecule has 0 aromatic carbocycles. The maximum atomic E-state index is 12.5. The Kier molecular flexibility index (Phi) is 3.61. The molecule has 0 aliphatic heterocycles. The van der Waals surface area contributed by atoms with Gasteiger partial charge in [0.05, 0.1) is 21.7 Å². The SMILES string of the molecule is CN(C(=O)c1ccc(C#N)cn1)c1ccn2ncc(Br)c2c1. The maximum absolute atomic E-state index is 12.5. The van der Waals surface area contributed by atoms with Gasteiger partial charge in [-0.15, -0.1) is 0 Å². The first-order valence-electron chi connectivity index (χ1n) is 6.37. The highest BCUT2D eigenvalue weighted by molar-refractivity contribution is 9.10. The number of aromatic nitrogens is 3. The molecule has 0 saturated carbocycles. The summed E-state index contributed by atoms with van der Waals surface area (Å²) in [5.41, 5.74) is 2.30. The number of hydrogen-bond donors (Lipinski definition) is 0. The Morgan fingerprint density at radius 3 is 2.86 bits per heavy atom. The molecule has 0 spiro atoms. The van der Waals surface area contributed by atoms with Crippen LogP contribution in [0.4, 0.5) is 5.69 Å². The number of anilines is 1. The highest BCUT2D eigenvalue weighted by atomic mass is 79.9. The zero-order chi connectivity index (χ0) is 15.7. The van der Waals surface area contributed by atoms with Crippen molar-refractivity contribution in [1.82, 2.24) is 14.6 Å². The van der Waals surface area contributed by atoms with Gasteiger partial charge in [0.2, 0.25) is 0 Å². The molecule has 3 heterocycles. The van der Waals surface area contributed by atoms with Gasteiger partial charge in [0, 0.05) is 25.1 Å². The molecule has 0 radical (unpaired) electrons. The van der Waals surface area contributed by atoms with E-state index in [9.17, 15) is 4.79 Å². The molecule has 0 fully saturated rings. The Bertz CT molecular complexity index is 894. The molecule has 0 bridgehead atoms. The lowest BCUT2D eigenvalue weighted by Gasteiger charge is -2.17. The Labute approximate surface area is 134 Å². The number of hydrogen-bond acceptors (Lipinski definition) is 4. The molecular weight excluding hydrogens is 346 g/mol. The number of rotatable bonds is 2. The molecule has 0 aliphatic carbocycles. The first kappa shape index (κ1) is 14.2. The molecular formula is C15H10BrN5O. The van der Waals surface area contributed by atoms with E-state index in [0.717, 1.165) is 15.7 Å². The van der Waals surface area contributed by atoms with Crippen molar-refractivity contribution in [2.45, 2.75) is 0 Å². The van der Waals surface area contributed by atoms with E-state index in [2.05, 4.69) is 26.0 Å². The highest BCUT2D eigenvalue weighted by Crippen LogP contribution is 2.23. The third kappa shape index (κ3) is 2.44. The monoisotopic (exact) mass is 355 g/mol. The van der Waals surface area contributed by atoms with Crippen molar-refractivity contribution in [2.75, 3.05) is 11.9 Å². The van der Waals surface area contributed by atoms with Crippen molar-refractivity contribution in [3.05, 3.63) is 58.6 Å². The average molecular weight is 356 g/mol. The summed E-state index contributed by atoms with van der Waals surface area (Å²) in [4.78, 5) is 18.0. The summed E-state index contributed by atoms with van der Waals surface area (Å²) in [6.07, 6.45) is 4.87. The van der Waals surface area contributed by atoms with E-state index in [0.29, 0.717) is 5.56 Å². The minimum Gasteiger partial charge on any atom is -0.310 e. The summed E-state index contributed by atoms with van der Waals surface area (Å²) in [7, 11) is 1.68. The zero-order valence-electron chi connectivity index (χ0n) is 11.6. The van der Waals surface area contributed by atoms with Crippen molar-refractivity contribution in [1.29, 1.82) is 5.26 Å². The van der Waals surface area contributed by atoms with Crippen LogP contribution in [0.3, 0.4) is 0 Å². The lowest BCUT2D eigenvalue weighted by atomic mass is 10.2. The van der Waals surface area contributed by atoms with E-state index >= 15 is 0 Å². The predicted molar refractivity (Wildman–Crippen MR) is 84.6 cm³/mol. The molecule has 108 valence electrons. The summed E-state index contributed by atoms with van der Waals surface area (Å²) >= 11 is 3.42. The van der Waals surface area contributed by atoms with Crippen LogP contribution in [0.5, 0.6) is 0 Å². The molecule has 22 heavy (non-hydrogen) atoms. The molecule has 0 aliphatic rings. The number of halogens is 1. The number of fused-ring (bicyclic) bond motifs is 1. The van der Waals surface area contributed by atoms with Gasteiger partial charge in [0.1, 0.15) is 11.8 Å². The van der Waals surface area contributed by atoms with Crippen molar-refractivity contribution in [2.24, 2.45) is 0 Å². The third-order valence-corrected chi connectivity index (χ3v) is 3.87. The van der Waals surface area contributed by atoms with Gasteiger partial charge in [-0.2, -0.15) is 10.4 Å². The van der Waals surface area contributed by atoms with E-state index in [1.165, 1.54) is 11.1 Å². The lowest BCUT2D eigenvalue weighted by molar-refractivity contribution is 0.0988. The van der Waals surface area contributed by atoms with Crippen LogP contribution in [0.2, 0.25) is 0 Å². The van der Waals surface area contributed by atoms with E-state index in [1.54, 1.807) is 42.2 Å². The van der Waals surface area contributed by atoms with E-state index in [-0.39, 0.29) is 11.6 Å². The summed E-state index contributed by atoms with van der Waals surface area (Å²) in [6.45, 7) is 0. The lowest BCUT2D eigenvalue weighted by Crippen LogP contribution is -2.27. The second kappa shape index (κ2) is 5.58. The van der Waals surface area contributed by atoms with Gasteiger partial charge >= 0.3 is 0 Å². The number of carbonyl (C=O) groups is 1. The number of nitriles is 1. The van der Waals surface area contributed by atoms with Crippen LogP contribution < -0.4 is 4.90 Å². The van der Waals surface area contributed by atoms with Crippen molar-refractivity contribution in [3.63, 3.8) is 0 Å². The topological polar surface area (TPSA) is 74.3 Å². The number of carbonyl (C=O) groups excluding carboxylic acids is 1. The van der Waals surface area contributed by atoms with Crippen LogP contribution in [0.25, 0.3) is 5.52 Å². The molecule has 0 atom stereocenters. The second-order valence-corrected chi connectivity index (χ2v) is 5.47. The quantitative estimate of drug-likeness (QED) is 0.708. The van der Waals surface area contributed by atoms with Gasteiger partial charge in [-0.3, -0.25) is 4.79 Å². The van der Waals surface area contributed by atoms with Gasteiger partial charge in [-0.1, -0.05) is 0 Å². The van der Waals surface area contributed by atoms with Gasteiger partial charge in [0.25, 0.3) is 5.91 Å². The first-order chi connectivity index (χ1) is 10.6. The van der Waals surface area contributed by atoms with E-state index in [1.807, 2.05) is 12.1 Å². The van der Waals surface area contributed by atoms with Crippen LogP contribution in [0, 0.1) is 11.3 Å². The van der Waals surface area contributed by atoms with Crippen molar-refractivity contribution >= 4 is 33.0 Å². The predicted octanol–water partition coefficient (Wildman–Crippen LogP) is 2.64. The standard InChI is InChI=1S/C15H10BrN5O/c1-20(15(22)13-3-2-10(7-17)8-18-13)11-4-5-21-14(6-11)12(16)9-19-21/h2-6,8-9H,1H3. The number of pyridine rings is 2. The Morgan fingerprint density at radius 2 is 2.18 bits per heavy atom. The molecule has 3 rings (SSSR count). The molecule has 1 amide bonds. The molecule has 6 nitrogen and oxygen atoms in total. The second-order valence-electron chi connectivity index (χ2n) is 4.62. The molecule has 0 saturated heterocycles. The summed E-state index contributed by atoms with van der Waals surface area (Å²) in [5, 5.41) is 12.9. The highest BCUT2D eigenvalue weighted by Gasteiger charge is 2.16. The van der Waals surface area contributed by atoms with Crippen LogP contribution >= 0.6 is 15.9 Å². The van der Waals surface area contributed by atoms with Crippen LogP contribution in [0.15, 0.2) is 47.3 Å². The van der Waals surface area contributed by atoms with Crippen molar-refractivity contribution < 1.29 is 4.79 Å². The van der Waals surface area contributed by atoms with E-state index in [4.69, 9.17) is 5.26 Å². The Balaban J connectivity index is 1.93. The molecule has 0 unspecified atom stereocenters. The van der Waals surface area contributed by atoms with Crippen molar-refractivity contribution in [3.8, 4) is 6.07 Å². The molecule has 3 aromatic heterocycles. The van der Waals surface area contributed by atoms with Crippen LogP contribution in [-0.2, 0) is 0 Å². The van der Waals surface area contributed by atoms with Gasteiger partial charge in [0.15, 0.2) is 0 Å². The average Bonchev–Trinajstić information content (AvgIpc) is 2.94. The molecule has 7 heteroatoms. The number of nitrogens with zero attached hydrogens (tertiary/aromatic N) is 5. The first-order valence-corrected chi connectivity index (χ1v) is 7.16. The summed E-state index contributed by atoms with van der Waals surface area (Å²) in [5.74, 6) is -0.246. The van der Waals surface area contributed by atoms with Gasteiger partial charge in [-0.05, 0) is 40.2 Å². The Morgan fingerprint density at radius 1 is 1.36 bits per heavy atom. The fourth-order valence-corrected chi connectivity index (χ4v) is 2.41. The summed E-state index contributed by atoms with van der Waals surface area (Å²) < 4.78 is 2.57. The van der Waals surface area contributed by atoms with Gasteiger partial charge < -0.3 is 4.90 Å². The Hall–Kier alpha value is -2.72. The normalized spacial score (nSPS) is 10.4. The maximum Gasteiger partial charge on any atom is 0.276 e. The smallest absolute Gasteiger partial charge is 0.276 e. The molecule has 3 aromatic rings. The third-order valence-electron chi connectivity index (χ3n) is 3.26. The minimum absolute atomic E-state index is 0.246. The minimum atomic E-state index is -0.246.